The zero-order chi connectivity index (χ0) is 28.0. The van der Waals surface area contributed by atoms with Crippen molar-refractivity contribution in [3.05, 3.63) is 87.8 Å². The molecule has 1 fully saturated rings. The fourth-order valence-electron chi connectivity index (χ4n) is 5.53. The monoisotopic (exact) mass is 568 g/mol. The van der Waals surface area contributed by atoms with Crippen LogP contribution in [0.5, 0.6) is 0 Å². The van der Waals surface area contributed by atoms with Gasteiger partial charge in [-0.2, -0.15) is 13.2 Å². The van der Waals surface area contributed by atoms with Gasteiger partial charge in [-0.25, -0.2) is 14.8 Å². The minimum atomic E-state index is -4.77. The van der Waals surface area contributed by atoms with Crippen molar-refractivity contribution in [1.82, 2.24) is 29.4 Å². The molecular weight excluding hydrogens is 545 g/mol. The lowest BCUT2D eigenvalue weighted by atomic mass is 9.85. The number of hydrogen-bond donors (Lipinski definition) is 2. The third-order valence-electron chi connectivity index (χ3n) is 7.47. The average Bonchev–Trinajstić information content (AvgIpc) is 3.51. The number of carbonyl (C=O) groups is 1. The highest BCUT2D eigenvalue weighted by atomic mass is 35.5. The molecule has 1 saturated carbocycles. The summed E-state index contributed by atoms with van der Waals surface area (Å²) in [5.41, 5.74) is 0.990. The number of hydrogen-bond acceptors (Lipinski definition) is 4. The third kappa shape index (κ3) is 4.85. The van der Waals surface area contributed by atoms with Crippen LogP contribution in [0.1, 0.15) is 41.7 Å². The molecular formula is C28H24ClF3N6O2. The van der Waals surface area contributed by atoms with Crippen LogP contribution in [0.3, 0.4) is 0 Å². The molecule has 206 valence electrons. The molecule has 0 radical (unpaired) electrons. The van der Waals surface area contributed by atoms with Gasteiger partial charge in [0.05, 0.1) is 33.5 Å². The highest BCUT2D eigenvalue weighted by Crippen LogP contribution is 2.32. The van der Waals surface area contributed by atoms with E-state index >= 15 is 0 Å². The first-order chi connectivity index (χ1) is 19.2. The number of H-pyrrole nitrogens is 1. The summed E-state index contributed by atoms with van der Waals surface area (Å²) in [7, 11) is 0. The summed E-state index contributed by atoms with van der Waals surface area (Å²) in [6.07, 6.45) is 2.13. The molecule has 2 N–H and O–H groups in total. The first-order valence-electron chi connectivity index (χ1n) is 12.9. The Labute approximate surface area is 230 Å². The maximum atomic E-state index is 13.7. The van der Waals surface area contributed by atoms with Crippen molar-refractivity contribution in [1.29, 1.82) is 0 Å². The number of halogens is 4. The Kier molecular flexibility index (Phi) is 6.61. The number of fused-ring (bicyclic) bond motifs is 2. The summed E-state index contributed by atoms with van der Waals surface area (Å²) in [6.45, 7) is 0.489. The van der Waals surface area contributed by atoms with E-state index < -0.39 is 23.3 Å². The summed E-state index contributed by atoms with van der Waals surface area (Å²) >= 11 is 5.82. The summed E-state index contributed by atoms with van der Waals surface area (Å²) < 4.78 is 43.5. The van der Waals surface area contributed by atoms with E-state index in [1.165, 1.54) is 0 Å². The fourth-order valence-corrected chi connectivity index (χ4v) is 5.69. The highest BCUT2D eigenvalue weighted by Gasteiger charge is 2.38. The number of rotatable bonds is 5. The van der Waals surface area contributed by atoms with Gasteiger partial charge in [0.2, 0.25) is 0 Å². The van der Waals surface area contributed by atoms with Gasteiger partial charge in [-0.15, -0.1) is 0 Å². The molecule has 0 bridgehead atoms. The van der Waals surface area contributed by atoms with Crippen molar-refractivity contribution in [2.24, 2.45) is 5.92 Å². The fraction of sp³-hybridized carbons (Fsp3) is 0.286. The molecule has 12 heteroatoms. The Bertz CT molecular complexity index is 1780. The van der Waals surface area contributed by atoms with Crippen LogP contribution in [0.2, 0.25) is 5.02 Å². The van der Waals surface area contributed by atoms with Crippen LogP contribution < -0.4 is 11.0 Å². The van der Waals surface area contributed by atoms with E-state index in [1.54, 1.807) is 21.5 Å². The number of pyridine rings is 2. The van der Waals surface area contributed by atoms with E-state index in [1.807, 2.05) is 36.4 Å². The number of nitrogens with zero attached hydrogens (tertiary/aromatic N) is 4. The van der Waals surface area contributed by atoms with Crippen molar-refractivity contribution in [2.45, 2.75) is 44.4 Å². The largest absolute Gasteiger partial charge is 0.434 e. The number of para-hydroxylation sites is 2. The van der Waals surface area contributed by atoms with E-state index in [2.05, 4.69) is 20.3 Å². The number of nitrogens with one attached hydrogen (secondary N) is 2. The first kappa shape index (κ1) is 26.1. The molecule has 4 aromatic heterocycles. The SMILES string of the molecule is O=C(NC1CCC(Cn2c(=O)n(-c3cnc4[nH]ccc4c3)c3ccccc32)CC1)c1cc(Cl)cnc1C(F)(F)F. The average molecular weight is 569 g/mol. The molecule has 0 atom stereocenters. The van der Waals surface area contributed by atoms with Gasteiger partial charge < -0.3 is 10.3 Å². The Morgan fingerprint density at radius 2 is 1.80 bits per heavy atom. The van der Waals surface area contributed by atoms with Crippen LogP contribution in [0, 0.1) is 5.92 Å². The molecule has 1 aromatic carbocycles. The predicted octanol–water partition coefficient (Wildman–Crippen LogP) is 5.72. The molecule has 5 aromatic rings. The predicted molar refractivity (Wildman–Crippen MR) is 145 cm³/mol. The van der Waals surface area contributed by atoms with Crippen LogP contribution in [0.25, 0.3) is 27.8 Å². The lowest BCUT2D eigenvalue weighted by Gasteiger charge is -2.29. The number of imidazole rings is 1. The molecule has 8 nitrogen and oxygen atoms in total. The number of aromatic nitrogens is 5. The molecule has 0 spiro atoms. The van der Waals surface area contributed by atoms with Crippen molar-refractivity contribution in [2.75, 3.05) is 0 Å². The molecule has 1 aliphatic rings. The lowest BCUT2D eigenvalue weighted by Crippen LogP contribution is -2.39. The molecule has 6 rings (SSSR count). The highest BCUT2D eigenvalue weighted by molar-refractivity contribution is 6.30. The number of alkyl halides is 3. The lowest BCUT2D eigenvalue weighted by molar-refractivity contribution is -0.141. The number of aromatic amines is 1. The molecule has 4 heterocycles. The Morgan fingerprint density at radius 1 is 1.05 bits per heavy atom. The zero-order valence-electron chi connectivity index (χ0n) is 21.1. The second-order valence-electron chi connectivity index (χ2n) is 10.1. The quantitative estimate of drug-likeness (QED) is 0.283. The topological polar surface area (TPSA) is 97.6 Å². The summed E-state index contributed by atoms with van der Waals surface area (Å²) in [4.78, 5) is 37.2. The van der Waals surface area contributed by atoms with Gasteiger partial charge >= 0.3 is 11.9 Å². The smallest absolute Gasteiger partial charge is 0.349 e. The van der Waals surface area contributed by atoms with Gasteiger partial charge in [0.25, 0.3) is 5.91 Å². The van der Waals surface area contributed by atoms with E-state index in [9.17, 15) is 22.8 Å². The third-order valence-corrected chi connectivity index (χ3v) is 7.68. The standard InChI is InChI=1S/C28H24ClF3N6O2/c29-18-12-21(24(34-13-18)28(30,31)32)26(39)36-19-7-5-16(6-8-19)15-37-22-3-1-2-4-23(22)38(27(37)40)20-11-17-9-10-33-25(17)35-14-20/h1-4,9-14,16,19H,5-8,15H2,(H,33,35)(H,36,39). The Balaban J connectivity index is 1.18. The van der Waals surface area contributed by atoms with E-state index in [-0.39, 0.29) is 22.7 Å². The maximum Gasteiger partial charge on any atom is 0.434 e. The van der Waals surface area contributed by atoms with Crippen LogP contribution in [0.15, 0.2) is 65.8 Å². The summed E-state index contributed by atoms with van der Waals surface area (Å²) in [5.74, 6) is -0.688. The van der Waals surface area contributed by atoms with Crippen LogP contribution in [0.4, 0.5) is 13.2 Å². The van der Waals surface area contributed by atoms with Crippen LogP contribution in [-0.2, 0) is 12.7 Å². The van der Waals surface area contributed by atoms with Gasteiger partial charge in [-0.1, -0.05) is 23.7 Å². The van der Waals surface area contributed by atoms with Gasteiger partial charge in [-0.05, 0) is 61.9 Å². The van der Waals surface area contributed by atoms with E-state index in [4.69, 9.17) is 11.6 Å². The number of carbonyl (C=O) groups excluding carboxylic acids is 1. The minimum Gasteiger partial charge on any atom is -0.349 e. The maximum absolute atomic E-state index is 13.7. The summed E-state index contributed by atoms with van der Waals surface area (Å²) in [6, 6.07) is 12.1. The van der Waals surface area contributed by atoms with Gasteiger partial charge in [0, 0.05) is 30.4 Å². The first-order valence-corrected chi connectivity index (χ1v) is 13.2. The van der Waals surface area contributed by atoms with E-state index in [0.29, 0.717) is 37.9 Å². The zero-order valence-corrected chi connectivity index (χ0v) is 21.8. The molecule has 1 amide bonds. The summed E-state index contributed by atoms with van der Waals surface area (Å²) in [5, 5.41) is 3.57. The number of amides is 1. The molecule has 0 saturated heterocycles. The van der Waals surface area contributed by atoms with Crippen molar-refractivity contribution >= 4 is 39.6 Å². The molecule has 40 heavy (non-hydrogen) atoms. The van der Waals surface area contributed by atoms with E-state index in [0.717, 1.165) is 34.3 Å². The van der Waals surface area contributed by atoms with Crippen molar-refractivity contribution < 1.29 is 18.0 Å². The Morgan fingerprint density at radius 3 is 2.55 bits per heavy atom. The number of benzene rings is 1. The second-order valence-corrected chi connectivity index (χ2v) is 10.5. The Hall–Kier alpha value is -4.12. The second kappa shape index (κ2) is 10.1. The van der Waals surface area contributed by atoms with Gasteiger partial charge in [0.1, 0.15) is 5.65 Å². The minimum absolute atomic E-state index is 0.0461. The van der Waals surface area contributed by atoms with Crippen molar-refractivity contribution in [3.63, 3.8) is 0 Å². The van der Waals surface area contributed by atoms with Crippen molar-refractivity contribution in [3.8, 4) is 5.69 Å². The molecule has 0 aliphatic heterocycles. The molecule has 0 unspecified atom stereocenters. The molecule has 1 aliphatic carbocycles. The normalized spacial score (nSPS) is 17.9. The van der Waals surface area contributed by atoms with Crippen LogP contribution >= 0.6 is 11.6 Å². The van der Waals surface area contributed by atoms with Crippen LogP contribution in [-0.4, -0.2) is 36.0 Å². The van der Waals surface area contributed by atoms with Gasteiger partial charge in [-0.3, -0.25) is 13.9 Å². The van der Waals surface area contributed by atoms with Gasteiger partial charge in [0.15, 0.2) is 5.69 Å².